The summed E-state index contributed by atoms with van der Waals surface area (Å²) in [4.78, 5) is 29.6. The normalized spacial score (nSPS) is 21.3. The van der Waals surface area contributed by atoms with Crippen molar-refractivity contribution in [1.82, 2.24) is 19.6 Å². The van der Waals surface area contributed by atoms with E-state index in [1.165, 1.54) is 6.42 Å². The highest BCUT2D eigenvalue weighted by atomic mass is 16.5. The SMILES string of the molecule is COc1c(C(=O)N2CCC[C@H](C(=O)N3CCCCC3)C2)c(C)nn1C. The number of piperidine rings is 2. The molecule has 2 saturated heterocycles. The van der Waals surface area contributed by atoms with Crippen molar-refractivity contribution in [1.29, 1.82) is 0 Å². The molecule has 0 spiro atoms. The van der Waals surface area contributed by atoms with Crippen LogP contribution >= 0.6 is 0 Å². The highest BCUT2D eigenvalue weighted by Crippen LogP contribution is 2.27. The lowest BCUT2D eigenvalue weighted by atomic mass is 9.95. The lowest BCUT2D eigenvalue weighted by Gasteiger charge is -2.36. The minimum atomic E-state index is -0.0846. The van der Waals surface area contributed by atoms with E-state index in [0.717, 1.165) is 38.8 Å². The Bertz CT molecular complexity index is 649. The molecule has 2 fully saturated rings. The van der Waals surface area contributed by atoms with Gasteiger partial charge in [-0.25, -0.2) is 4.68 Å². The first-order chi connectivity index (χ1) is 12.0. The largest absolute Gasteiger partial charge is 0.481 e. The van der Waals surface area contributed by atoms with Crippen molar-refractivity contribution in [2.75, 3.05) is 33.3 Å². The Balaban J connectivity index is 1.73. The minimum absolute atomic E-state index is 0.0845. The Morgan fingerprint density at radius 3 is 2.44 bits per heavy atom. The molecule has 0 aliphatic carbocycles. The van der Waals surface area contributed by atoms with Gasteiger partial charge in [0.25, 0.3) is 5.91 Å². The zero-order valence-electron chi connectivity index (χ0n) is 15.5. The molecule has 25 heavy (non-hydrogen) atoms. The topological polar surface area (TPSA) is 67.7 Å². The standard InChI is InChI=1S/C18H28N4O3/c1-13-15(18(25-3)20(2)19-13)17(24)22-11-7-8-14(12-22)16(23)21-9-5-4-6-10-21/h14H,4-12H2,1-3H3/t14-/m0/s1. The molecule has 7 nitrogen and oxygen atoms in total. The second-order valence-electron chi connectivity index (χ2n) is 7.07. The summed E-state index contributed by atoms with van der Waals surface area (Å²) >= 11 is 0. The van der Waals surface area contributed by atoms with Gasteiger partial charge in [0.2, 0.25) is 11.8 Å². The van der Waals surface area contributed by atoms with Crippen molar-refractivity contribution in [2.24, 2.45) is 13.0 Å². The molecule has 3 heterocycles. The predicted molar refractivity (Wildman–Crippen MR) is 93.6 cm³/mol. The molecule has 0 N–H and O–H groups in total. The number of ether oxygens (including phenoxy) is 1. The van der Waals surface area contributed by atoms with Crippen LogP contribution in [0, 0.1) is 12.8 Å². The van der Waals surface area contributed by atoms with Crippen LogP contribution in [0.5, 0.6) is 5.88 Å². The molecular formula is C18H28N4O3. The van der Waals surface area contributed by atoms with Gasteiger partial charge in [-0.15, -0.1) is 0 Å². The van der Waals surface area contributed by atoms with Crippen molar-refractivity contribution in [3.63, 3.8) is 0 Å². The average molecular weight is 348 g/mol. The summed E-state index contributed by atoms with van der Waals surface area (Å²) in [5.74, 6) is 0.524. The number of nitrogens with zero attached hydrogens (tertiary/aromatic N) is 4. The van der Waals surface area contributed by atoms with Crippen LogP contribution in [-0.2, 0) is 11.8 Å². The van der Waals surface area contributed by atoms with Crippen LogP contribution in [0.25, 0.3) is 0 Å². The van der Waals surface area contributed by atoms with Crippen molar-refractivity contribution in [3.8, 4) is 5.88 Å². The van der Waals surface area contributed by atoms with E-state index in [0.29, 0.717) is 30.2 Å². The van der Waals surface area contributed by atoms with Crippen LogP contribution < -0.4 is 4.74 Å². The number of carbonyl (C=O) groups excluding carboxylic acids is 2. The fourth-order valence-electron chi connectivity index (χ4n) is 4.01. The van der Waals surface area contributed by atoms with E-state index < -0.39 is 0 Å². The van der Waals surface area contributed by atoms with Gasteiger partial charge < -0.3 is 14.5 Å². The molecule has 1 atom stereocenters. The number of aryl methyl sites for hydroxylation is 2. The monoisotopic (exact) mass is 348 g/mol. The van der Waals surface area contributed by atoms with Crippen LogP contribution in [-0.4, -0.2) is 64.7 Å². The lowest BCUT2D eigenvalue weighted by molar-refractivity contribution is -0.137. The van der Waals surface area contributed by atoms with Gasteiger partial charge in [0, 0.05) is 33.2 Å². The third-order valence-corrected chi connectivity index (χ3v) is 5.30. The molecule has 7 heteroatoms. The summed E-state index contributed by atoms with van der Waals surface area (Å²) in [6.07, 6.45) is 5.11. The molecule has 138 valence electrons. The maximum absolute atomic E-state index is 13.0. The number of rotatable bonds is 3. The van der Waals surface area contributed by atoms with E-state index in [-0.39, 0.29) is 17.7 Å². The fraction of sp³-hybridized carbons (Fsp3) is 0.722. The third kappa shape index (κ3) is 3.50. The van der Waals surface area contributed by atoms with Gasteiger partial charge in [-0.2, -0.15) is 5.10 Å². The number of aromatic nitrogens is 2. The van der Waals surface area contributed by atoms with Gasteiger partial charge in [-0.3, -0.25) is 9.59 Å². The summed E-state index contributed by atoms with van der Waals surface area (Å²) in [5.41, 5.74) is 1.17. The van der Waals surface area contributed by atoms with E-state index in [1.54, 1.807) is 23.7 Å². The molecular weight excluding hydrogens is 320 g/mol. The Kier molecular flexibility index (Phi) is 5.30. The van der Waals surface area contributed by atoms with Crippen LogP contribution in [0.15, 0.2) is 0 Å². The van der Waals surface area contributed by atoms with Crippen molar-refractivity contribution >= 4 is 11.8 Å². The molecule has 2 aliphatic rings. The molecule has 0 saturated carbocycles. The number of hydrogen-bond donors (Lipinski definition) is 0. The van der Waals surface area contributed by atoms with Crippen molar-refractivity contribution in [2.45, 2.75) is 39.0 Å². The summed E-state index contributed by atoms with van der Waals surface area (Å²) < 4.78 is 6.94. The minimum Gasteiger partial charge on any atom is -0.481 e. The average Bonchev–Trinajstić information content (AvgIpc) is 2.94. The molecule has 1 aromatic heterocycles. The molecule has 0 unspecified atom stereocenters. The number of amides is 2. The summed E-state index contributed by atoms with van der Waals surface area (Å²) in [5, 5.41) is 4.29. The van der Waals surface area contributed by atoms with Crippen LogP contribution in [0.4, 0.5) is 0 Å². The predicted octanol–water partition coefficient (Wildman–Crippen LogP) is 1.60. The van der Waals surface area contributed by atoms with Gasteiger partial charge >= 0.3 is 0 Å². The number of methoxy groups -OCH3 is 1. The molecule has 0 bridgehead atoms. The maximum atomic E-state index is 13.0. The van der Waals surface area contributed by atoms with Gasteiger partial charge in [-0.05, 0) is 39.0 Å². The van der Waals surface area contributed by atoms with E-state index >= 15 is 0 Å². The molecule has 2 aliphatic heterocycles. The van der Waals surface area contributed by atoms with E-state index in [4.69, 9.17) is 4.74 Å². The summed E-state index contributed by atoms with van der Waals surface area (Å²) in [7, 11) is 3.31. The summed E-state index contributed by atoms with van der Waals surface area (Å²) in [6, 6.07) is 0. The number of carbonyl (C=O) groups is 2. The first-order valence-corrected chi connectivity index (χ1v) is 9.18. The molecule has 3 rings (SSSR count). The highest BCUT2D eigenvalue weighted by molar-refractivity contribution is 5.98. The van der Waals surface area contributed by atoms with E-state index in [2.05, 4.69) is 5.10 Å². The number of hydrogen-bond acceptors (Lipinski definition) is 4. The van der Waals surface area contributed by atoms with E-state index in [1.807, 2.05) is 11.8 Å². The van der Waals surface area contributed by atoms with Crippen LogP contribution in [0.3, 0.4) is 0 Å². The Morgan fingerprint density at radius 2 is 1.76 bits per heavy atom. The fourth-order valence-corrected chi connectivity index (χ4v) is 4.01. The smallest absolute Gasteiger partial charge is 0.261 e. The van der Waals surface area contributed by atoms with Crippen LogP contribution in [0.1, 0.15) is 48.2 Å². The van der Waals surface area contributed by atoms with Gasteiger partial charge in [0.1, 0.15) is 5.56 Å². The molecule has 1 aromatic rings. The van der Waals surface area contributed by atoms with Gasteiger partial charge in [0.15, 0.2) is 0 Å². The second-order valence-corrected chi connectivity index (χ2v) is 7.07. The Morgan fingerprint density at radius 1 is 1.08 bits per heavy atom. The molecule has 2 amide bonds. The lowest BCUT2D eigenvalue weighted by Crippen LogP contribution is -2.48. The molecule has 0 aromatic carbocycles. The quantitative estimate of drug-likeness (QED) is 0.832. The van der Waals surface area contributed by atoms with Gasteiger partial charge in [-0.1, -0.05) is 0 Å². The van der Waals surface area contributed by atoms with Crippen molar-refractivity contribution < 1.29 is 14.3 Å². The summed E-state index contributed by atoms with van der Waals surface area (Å²) in [6.45, 7) is 4.71. The Labute approximate surface area is 148 Å². The first-order valence-electron chi connectivity index (χ1n) is 9.18. The molecule has 0 radical (unpaired) electrons. The van der Waals surface area contributed by atoms with Gasteiger partial charge in [0.05, 0.1) is 18.7 Å². The highest BCUT2D eigenvalue weighted by Gasteiger charge is 2.34. The van der Waals surface area contributed by atoms with Crippen molar-refractivity contribution in [3.05, 3.63) is 11.3 Å². The van der Waals surface area contributed by atoms with E-state index in [9.17, 15) is 9.59 Å². The zero-order chi connectivity index (χ0) is 18.0. The third-order valence-electron chi connectivity index (χ3n) is 5.30. The Hall–Kier alpha value is -2.05. The second kappa shape index (κ2) is 7.45. The zero-order valence-corrected chi connectivity index (χ0v) is 15.5. The maximum Gasteiger partial charge on any atom is 0.261 e. The number of likely N-dealkylation sites (tertiary alicyclic amines) is 2. The first kappa shape index (κ1) is 17.8. The van der Waals surface area contributed by atoms with Crippen LogP contribution in [0.2, 0.25) is 0 Å².